The summed E-state index contributed by atoms with van der Waals surface area (Å²) in [5.41, 5.74) is 1.70. The van der Waals surface area contributed by atoms with Crippen LogP contribution in [0.1, 0.15) is 27.0 Å². The number of carbonyl (C=O) groups excluding carboxylic acids is 1. The third kappa shape index (κ3) is 1.45. The molecule has 2 aliphatic heterocycles. The number of aliphatic hydroxyl groups is 1. The van der Waals surface area contributed by atoms with Gasteiger partial charge in [-0.1, -0.05) is 18.2 Å². The van der Waals surface area contributed by atoms with Gasteiger partial charge in [-0.15, -0.1) is 0 Å². The molecular formula is C17H15NO3. The minimum atomic E-state index is -1.35. The molecule has 2 aromatic carbocycles. The molecule has 1 atom stereocenters. The molecule has 4 rings (SSSR count). The van der Waals surface area contributed by atoms with E-state index >= 15 is 0 Å². The highest BCUT2D eigenvalue weighted by molar-refractivity contribution is 6.00. The minimum Gasteiger partial charge on any atom is -0.497 e. The van der Waals surface area contributed by atoms with E-state index in [0.717, 1.165) is 16.9 Å². The quantitative estimate of drug-likeness (QED) is 0.868. The third-order valence-corrected chi connectivity index (χ3v) is 4.46. The van der Waals surface area contributed by atoms with Gasteiger partial charge in [0.25, 0.3) is 5.91 Å². The second kappa shape index (κ2) is 4.09. The lowest BCUT2D eigenvalue weighted by molar-refractivity contribution is -0.0563. The Hall–Kier alpha value is -2.33. The Balaban J connectivity index is 1.98. The maximum atomic E-state index is 12.5. The first-order chi connectivity index (χ1) is 10.2. The van der Waals surface area contributed by atoms with Gasteiger partial charge in [0, 0.05) is 23.2 Å². The zero-order chi connectivity index (χ0) is 14.6. The fraction of sp³-hybridized carbons (Fsp3) is 0.235. The van der Waals surface area contributed by atoms with Gasteiger partial charge in [-0.05, 0) is 36.2 Å². The van der Waals surface area contributed by atoms with E-state index in [4.69, 9.17) is 4.74 Å². The molecule has 2 aromatic rings. The van der Waals surface area contributed by atoms with Crippen LogP contribution < -0.4 is 4.74 Å². The summed E-state index contributed by atoms with van der Waals surface area (Å²) in [5.74, 6) is 0.665. The molecule has 0 saturated carbocycles. The zero-order valence-electron chi connectivity index (χ0n) is 11.7. The van der Waals surface area contributed by atoms with Gasteiger partial charge in [-0.25, -0.2) is 0 Å². The van der Waals surface area contributed by atoms with Crippen molar-refractivity contribution in [2.45, 2.75) is 12.1 Å². The zero-order valence-corrected chi connectivity index (χ0v) is 11.7. The van der Waals surface area contributed by atoms with Crippen molar-refractivity contribution in [3.63, 3.8) is 0 Å². The number of nitrogens with zero attached hydrogens (tertiary/aromatic N) is 1. The minimum absolute atomic E-state index is 0.102. The molecule has 2 heterocycles. The van der Waals surface area contributed by atoms with E-state index in [1.807, 2.05) is 36.4 Å². The fourth-order valence-corrected chi connectivity index (χ4v) is 3.44. The molecule has 1 N–H and O–H groups in total. The van der Waals surface area contributed by atoms with Crippen molar-refractivity contribution < 1.29 is 14.6 Å². The van der Waals surface area contributed by atoms with E-state index in [1.165, 1.54) is 0 Å². The lowest BCUT2D eigenvalue weighted by Gasteiger charge is -2.40. The van der Waals surface area contributed by atoms with Gasteiger partial charge in [0.15, 0.2) is 5.72 Å². The molecule has 0 fully saturated rings. The molecule has 0 spiro atoms. The fourth-order valence-electron chi connectivity index (χ4n) is 3.44. The van der Waals surface area contributed by atoms with Crippen LogP contribution in [0, 0.1) is 0 Å². The highest BCUT2D eigenvalue weighted by atomic mass is 16.5. The summed E-state index contributed by atoms with van der Waals surface area (Å²) in [4.78, 5) is 14.1. The normalized spacial score (nSPS) is 22.6. The number of amides is 1. The van der Waals surface area contributed by atoms with Gasteiger partial charge in [0.05, 0.1) is 7.11 Å². The lowest BCUT2D eigenvalue weighted by Crippen LogP contribution is -2.49. The third-order valence-electron chi connectivity index (χ3n) is 4.46. The number of benzene rings is 2. The summed E-state index contributed by atoms with van der Waals surface area (Å²) in [5, 5.41) is 11.3. The molecule has 0 bridgehead atoms. The molecule has 1 amide bonds. The van der Waals surface area contributed by atoms with Crippen molar-refractivity contribution in [1.29, 1.82) is 0 Å². The van der Waals surface area contributed by atoms with E-state index in [2.05, 4.69) is 0 Å². The van der Waals surface area contributed by atoms with E-state index in [-0.39, 0.29) is 5.91 Å². The summed E-state index contributed by atoms with van der Waals surface area (Å²) in [6.07, 6.45) is 0.717. The largest absolute Gasteiger partial charge is 0.497 e. The van der Waals surface area contributed by atoms with Crippen molar-refractivity contribution in [3.8, 4) is 5.75 Å². The van der Waals surface area contributed by atoms with Crippen LogP contribution in [0.5, 0.6) is 5.75 Å². The molecule has 2 aliphatic rings. The molecule has 106 valence electrons. The molecule has 0 aromatic heterocycles. The van der Waals surface area contributed by atoms with Crippen LogP contribution in [0.4, 0.5) is 0 Å². The van der Waals surface area contributed by atoms with Crippen molar-refractivity contribution in [2.24, 2.45) is 0 Å². The first-order valence-electron chi connectivity index (χ1n) is 6.97. The van der Waals surface area contributed by atoms with E-state index in [9.17, 15) is 9.90 Å². The van der Waals surface area contributed by atoms with Gasteiger partial charge in [-0.3, -0.25) is 4.79 Å². The van der Waals surface area contributed by atoms with Crippen LogP contribution in [-0.2, 0) is 12.1 Å². The first kappa shape index (κ1) is 12.4. The molecule has 4 nitrogen and oxygen atoms in total. The van der Waals surface area contributed by atoms with E-state index in [0.29, 0.717) is 24.1 Å². The molecule has 0 aliphatic carbocycles. The Labute approximate surface area is 122 Å². The van der Waals surface area contributed by atoms with Gasteiger partial charge in [0.1, 0.15) is 5.75 Å². The van der Waals surface area contributed by atoms with Crippen LogP contribution in [-0.4, -0.2) is 29.6 Å². The number of hydrogen-bond donors (Lipinski definition) is 1. The van der Waals surface area contributed by atoms with Crippen molar-refractivity contribution in [1.82, 2.24) is 4.90 Å². The van der Waals surface area contributed by atoms with E-state index < -0.39 is 5.72 Å². The van der Waals surface area contributed by atoms with Crippen molar-refractivity contribution in [3.05, 3.63) is 64.7 Å². The summed E-state index contributed by atoms with van der Waals surface area (Å²) in [6, 6.07) is 12.9. The second-order valence-electron chi connectivity index (χ2n) is 5.45. The second-order valence-corrected chi connectivity index (χ2v) is 5.45. The van der Waals surface area contributed by atoms with Gasteiger partial charge in [-0.2, -0.15) is 0 Å². The standard InChI is InChI=1S/C17H15NO3/c1-21-12-6-7-14-11(10-12)8-9-18-16(19)13-4-2-3-5-15(13)17(14,18)20/h2-7,10,20H,8-9H2,1H3/t17-/m1/s1. The van der Waals surface area contributed by atoms with Crippen LogP contribution in [0.3, 0.4) is 0 Å². The summed E-state index contributed by atoms with van der Waals surface area (Å²) in [7, 11) is 1.62. The Bertz CT molecular complexity index is 755. The Kier molecular flexibility index (Phi) is 2.41. The topological polar surface area (TPSA) is 49.8 Å². The van der Waals surface area contributed by atoms with Crippen LogP contribution in [0.15, 0.2) is 42.5 Å². The smallest absolute Gasteiger partial charge is 0.257 e. The monoisotopic (exact) mass is 281 g/mol. The number of fused-ring (bicyclic) bond motifs is 5. The number of hydrogen-bond acceptors (Lipinski definition) is 3. The number of methoxy groups -OCH3 is 1. The van der Waals surface area contributed by atoms with Crippen LogP contribution in [0.2, 0.25) is 0 Å². The Morgan fingerprint density at radius 3 is 2.81 bits per heavy atom. The number of rotatable bonds is 1. The highest BCUT2D eigenvalue weighted by Crippen LogP contribution is 2.46. The molecule has 0 saturated heterocycles. The number of ether oxygens (including phenoxy) is 1. The summed E-state index contributed by atoms with van der Waals surface area (Å²) >= 11 is 0. The van der Waals surface area contributed by atoms with Crippen molar-refractivity contribution >= 4 is 5.91 Å². The molecule has 4 heteroatoms. The van der Waals surface area contributed by atoms with Gasteiger partial charge in [0.2, 0.25) is 0 Å². The molecule has 21 heavy (non-hydrogen) atoms. The van der Waals surface area contributed by atoms with E-state index in [1.54, 1.807) is 18.1 Å². The molecule has 0 radical (unpaired) electrons. The average molecular weight is 281 g/mol. The highest BCUT2D eigenvalue weighted by Gasteiger charge is 2.52. The Morgan fingerprint density at radius 2 is 2.00 bits per heavy atom. The maximum absolute atomic E-state index is 12.5. The predicted molar refractivity (Wildman–Crippen MR) is 77.2 cm³/mol. The number of carbonyl (C=O) groups is 1. The first-order valence-corrected chi connectivity index (χ1v) is 6.97. The molecular weight excluding hydrogens is 266 g/mol. The summed E-state index contributed by atoms with van der Waals surface area (Å²) in [6.45, 7) is 0.504. The Morgan fingerprint density at radius 1 is 1.19 bits per heavy atom. The predicted octanol–water partition coefficient (Wildman–Crippen LogP) is 1.90. The van der Waals surface area contributed by atoms with Gasteiger partial charge < -0.3 is 14.7 Å². The average Bonchev–Trinajstić information content (AvgIpc) is 2.76. The maximum Gasteiger partial charge on any atom is 0.257 e. The SMILES string of the molecule is COc1ccc2c(c1)CCN1C(=O)c3ccccc3[C@]21O. The van der Waals surface area contributed by atoms with Gasteiger partial charge >= 0.3 is 0 Å². The van der Waals surface area contributed by atoms with Crippen molar-refractivity contribution in [2.75, 3.05) is 13.7 Å². The van der Waals surface area contributed by atoms with Crippen LogP contribution >= 0.6 is 0 Å². The van der Waals surface area contributed by atoms with Crippen LogP contribution in [0.25, 0.3) is 0 Å². The molecule has 0 unspecified atom stereocenters. The summed E-state index contributed by atoms with van der Waals surface area (Å²) < 4.78 is 5.25. The lowest BCUT2D eigenvalue weighted by atomic mass is 9.86.